The molecule has 0 aliphatic rings. The molecule has 0 fully saturated rings. The number of rotatable bonds is 3. The van der Waals surface area contributed by atoms with E-state index in [0.717, 1.165) is 20.8 Å². The number of carbonyl (C=O) groups is 1. The summed E-state index contributed by atoms with van der Waals surface area (Å²) >= 11 is 2.97. The summed E-state index contributed by atoms with van der Waals surface area (Å²) in [5, 5.41) is 6.78. The summed E-state index contributed by atoms with van der Waals surface area (Å²) in [6.07, 6.45) is 0. The molecule has 6 heteroatoms. The van der Waals surface area contributed by atoms with E-state index in [2.05, 4.69) is 10.3 Å². The molecular formula is C15H15N3OS2. The van der Waals surface area contributed by atoms with Gasteiger partial charge in [0.2, 0.25) is 0 Å². The van der Waals surface area contributed by atoms with Crippen molar-refractivity contribution in [2.24, 2.45) is 0 Å². The van der Waals surface area contributed by atoms with Crippen LogP contribution in [0.4, 0.5) is 5.69 Å². The first kappa shape index (κ1) is 14.0. The zero-order valence-corrected chi connectivity index (χ0v) is 13.3. The van der Waals surface area contributed by atoms with Gasteiger partial charge in [0.05, 0.1) is 11.7 Å². The van der Waals surface area contributed by atoms with Crippen molar-refractivity contribution < 1.29 is 4.79 Å². The topological polar surface area (TPSA) is 68.0 Å². The van der Waals surface area contributed by atoms with Crippen LogP contribution in [-0.2, 0) is 0 Å². The highest BCUT2D eigenvalue weighted by Gasteiger charge is 2.19. The summed E-state index contributed by atoms with van der Waals surface area (Å²) < 4.78 is 1.03. The van der Waals surface area contributed by atoms with E-state index in [1.165, 1.54) is 11.3 Å². The molecule has 1 atom stereocenters. The number of carbonyl (C=O) groups excluding carboxylic acids is 1. The van der Waals surface area contributed by atoms with Crippen LogP contribution in [0.1, 0.15) is 33.3 Å². The van der Waals surface area contributed by atoms with Crippen molar-refractivity contribution in [2.75, 3.05) is 5.73 Å². The average molecular weight is 317 g/mol. The van der Waals surface area contributed by atoms with Crippen molar-refractivity contribution >= 4 is 44.4 Å². The molecule has 0 saturated heterocycles. The van der Waals surface area contributed by atoms with E-state index in [-0.39, 0.29) is 11.9 Å². The summed E-state index contributed by atoms with van der Waals surface area (Å²) in [4.78, 5) is 17.4. The number of nitrogen functional groups attached to an aromatic ring is 1. The molecule has 0 spiro atoms. The van der Waals surface area contributed by atoms with Crippen LogP contribution in [0.2, 0.25) is 0 Å². The minimum absolute atomic E-state index is 0.124. The molecule has 0 aliphatic carbocycles. The van der Waals surface area contributed by atoms with Crippen LogP contribution in [0, 0.1) is 6.92 Å². The Morgan fingerprint density at radius 3 is 2.81 bits per heavy atom. The van der Waals surface area contributed by atoms with Gasteiger partial charge in [0.1, 0.15) is 9.88 Å². The Kier molecular flexibility index (Phi) is 3.65. The summed E-state index contributed by atoms with van der Waals surface area (Å²) in [6, 6.07) is 7.65. The number of hydrogen-bond acceptors (Lipinski definition) is 5. The Balaban J connectivity index is 1.85. The van der Waals surface area contributed by atoms with E-state index < -0.39 is 0 Å². The van der Waals surface area contributed by atoms with E-state index in [0.29, 0.717) is 10.6 Å². The third kappa shape index (κ3) is 2.64. The van der Waals surface area contributed by atoms with E-state index in [4.69, 9.17) is 5.73 Å². The Bertz CT molecular complexity index is 806. The van der Waals surface area contributed by atoms with Gasteiger partial charge in [-0.05, 0) is 19.9 Å². The Hall–Kier alpha value is -1.92. The maximum atomic E-state index is 12.4. The molecule has 0 bridgehead atoms. The zero-order chi connectivity index (χ0) is 15.0. The molecule has 21 heavy (non-hydrogen) atoms. The number of anilines is 1. The van der Waals surface area contributed by atoms with Crippen molar-refractivity contribution in [1.29, 1.82) is 0 Å². The number of thiazole rings is 1. The molecule has 2 aromatic heterocycles. The standard InChI is InChI=1S/C15H15N3OS2/c1-8-7-20-15(17-8)9(2)18-14(19)13-12(16)10-5-3-4-6-11(10)21-13/h3-7,9H,16H2,1-2H3,(H,18,19). The number of hydrogen-bond donors (Lipinski definition) is 2. The molecule has 0 aliphatic heterocycles. The highest BCUT2D eigenvalue weighted by Crippen LogP contribution is 2.33. The van der Waals surface area contributed by atoms with Gasteiger partial charge >= 0.3 is 0 Å². The van der Waals surface area contributed by atoms with Crippen molar-refractivity contribution in [3.63, 3.8) is 0 Å². The van der Waals surface area contributed by atoms with Gasteiger partial charge in [-0.15, -0.1) is 22.7 Å². The second kappa shape index (κ2) is 5.46. The third-order valence-corrected chi connectivity index (χ3v) is 5.53. The molecule has 2 heterocycles. The lowest BCUT2D eigenvalue weighted by Crippen LogP contribution is -2.26. The van der Waals surface area contributed by atoms with Crippen molar-refractivity contribution in [3.05, 3.63) is 45.2 Å². The quantitative estimate of drug-likeness (QED) is 0.773. The van der Waals surface area contributed by atoms with Crippen LogP contribution in [0.3, 0.4) is 0 Å². The molecule has 0 radical (unpaired) electrons. The van der Waals surface area contributed by atoms with Crippen LogP contribution in [0.5, 0.6) is 0 Å². The van der Waals surface area contributed by atoms with Gasteiger partial charge in [0, 0.05) is 21.2 Å². The van der Waals surface area contributed by atoms with Gasteiger partial charge in [-0.1, -0.05) is 18.2 Å². The molecule has 0 saturated carbocycles. The van der Waals surface area contributed by atoms with Crippen LogP contribution in [0.15, 0.2) is 29.6 Å². The number of fused-ring (bicyclic) bond motifs is 1. The summed E-state index contributed by atoms with van der Waals surface area (Å²) in [5.41, 5.74) is 7.62. The largest absolute Gasteiger partial charge is 0.397 e. The van der Waals surface area contributed by atoms with Gasteiger partial charge in [-0.3, -0.25) is 4.79 Å². The van der Waals surface area contributed by atoms with Crippen LogP contribution >= 0.6 is 22.7 Å². The van der Waals surface area contributed by atoms with Crippen molar-refractivity contribution in [3.8, 4) is 0 Å². The average Bonchev–Trinajstić information content (AvgIpc) is 3.04. The minimum Gasteiger partial charge on any atom is -0.397 e. The molecule has 108 valence electrons. The molecule has 3 rings (SSSR count). The molecule has 3 N–H and O–H groups in total. The fourth-order valence-electron chi connectivity index (χ4n) is 2.13. The van der Waals surface area contributed by atoms with Gasteiger partial charge in [-0.2, -0.15) is 0 Å². The Morgan fingerprint density at radius 2 is 2.14 bits per heavy atom. The number of nitrogens with one attached hydrogen (secondary N) is 1. The lowest BCUT2D eigenvalue weighted by atomic mass is 10.2. The number of amides is 1. The molecular weight excluding hydrogens is 302 g/mol. The maximum Gasteiger partial charge on any atom is 0.264 e. The third-order valence-electron chi connectivity index (χ3n) is 3.19. The Labute approximate surface area is 130 Å². The SMILES string of the molecule is Cc1csc(C(C)NC(=O)c2sc3ccccc3c2N)n1. The predicted octanol–water partition coefficient (Wildman–Crippen LogP) is 3.74. The predicted molar refractivity (Wildman–Crippen MR) is 89.0 cm³/mol. The molecule has 4 nitrogen and oxygen atoms in total. The van der Waals surface area contributed by atoms with Crippen molar-refractivity contribution in [2.45, 2.75) is 19.9 Å². The van der Waals surface area contributed by atoms with Crippen LogP contribution < -0.4 is 11.1 Å². The second-order valence-electron chi connectivity index (χ2n) is 4.86. The monoisotopic (exact) mass is 317 g/mol. The van der Waals surface area contributed by atoms with E-state index in [1.807, 2.05) is 43.5 Å². The first-order valence-electron chi connectivity index (χ1n) is 6.56. The van der Waals surface area contributed by atoms with Crippen LogP contribution in [-0.4, -0.2) is 10.9 Å². The van der Waals surface area contributed by atoms with E-state index in [9.17, 15) is 4.79 Å². The number of nitrogens with zero attached hydrogens (tertiary/aromatic N) is 1. The molecule has 3 aromatic rings. The molecule has 1 aromatic carbocycles. The maximum absolute atomic E-state index is 12.4. The summed E-state index contributed by atoms with van der Waals surface area (Å²) in [6.45, 7) is 3.87. The lowest BCUT2D eigenvalue weighted by Gasteiger charge is -2.10. The summed E-state index contributed by atoms with van der Waals surface area (Å²) in [5.74, 6) is -0.144. The second-order valence-corrected chi connectivity index (χ2v) is 6.81. The number of nitrogens with two attached hydrogens (primary N) is 1. The first-order chi connectivity index (χ1) is 10.1. The molecule has 1 amide bonds. The van der Waals surface area contributed by atoms with Gasteiger partial charge < -0.3 is 11.1 Å². The lowest BCUT2D eigenvalue weighted by molar-refractivity contribution is 0.0945. The molecule has 1 unspecified atom stereocenters. The fourth-order valence-corrected chi connectivity index (χ4v) is 3.96. The van der Waals surface area contributed by atoms with Gasteiger partial charge in [0.15, 0.2) is 0 Å². The van der Waals surface area contributed by atoms with E-state index in [1.54, 1.807) is 11.3 Å². The number of benzene rings is 1. The number of aromatic nitrogens is 1. The number of thiophene rings is 1. The fraction of sp³-hybridized carbons (Fsp3) is 0.200. The van der Waals surface area contributed by atoms with Gasteiger partial charge in [0.25, 0.3) is 5.91 Å². The minimum atomic E-state index is -0.144. The normalized spacial score (nSPS) is 12.5. The number of aryl methyl sites for hydroxylation is 1. The highest BCUT2D eigenvalue weighted by atomic mass is 32.1. The van der Waals surface area contributed by atoms with Gasteiger partial charge in [-0.25, -0.2) is 4.98 Å². The zero-order valence-electron chi connectivity index (χ0n) is 11.7. The van der Waals surface area contributed by atoms with E-state index >= 15 is 0 Å². The smallest absolute Gasteiger partial charge is 0.264 e. The first-order valence-corrected chi connectivity index (χ1v) is 8.25. The Morgan fingerprint density at radius 1 is 1.38 bits per heavy atom. The summed E-state index contributed by atoms with van der Waals surface area (Å²) in [7, 11) is 0. The highest BCUT2D eigenvalue weighted by molar-refractivity contribution is 7.21. The van der Waals surface area contributed by atoms with Crippen LogP contribution in [0.25, 0.3) is 10.1 Å². The van der Waals surface area contributed by atoms with Crippen molar-refractivity contribution in [1.82, 2.24) is 10.3 Å².